The van der Waals surface area contributed by atoms with E-state index >= 15 is 0 Å². The van der Waals surface area contributed by atoms with E-state index in [2.05, 4.69) is 11.6 Å². The number of nitrogens with two attached hydrogens (primary N) is 1. The molecule has 0 spiro atoms. The maximum Gasteiger partial charge on any atom is 0.240 e. The monoisotopic (exact) mass is 314 g/mol. The van der Waals surface area contributed by atoms with Gasteiger partial charge < -0.3 is 10.5 Å². The number of sulfonamides is 1. The van der Waals surface area contributed by atoms with Crippen molar-refractivity contribution in [2.45, 2.75) is 50.5 Å². The lowest BCUT2D eigenvalue weighted by atomic mass is 10.3. The molecule has 21 heavy (non-hydrogen) atoms. The van der Waals surface area contributed by atoms with E-state index in [0.717, 1.165) is 19.3 Å². The molecule has 0 saturated heterocycles. The topological polar surface area (TPSA) is 81.4 Å². The molecule has 1 unspecified atom stereocenters. The van der Waals surface area contributed by atoms with Crippen molar-refractivity contribution in [3.63, 3.8) is 0 Å². The Labute approximate surface area is 127 Å². The van der Waals surface area contributed by atoms with Gasteiger partial charge in [-0.2, -0.15) is 0 Å². The lowest BCUT2D eigenvalue weighted by Crippen LogP contribution is -2.29. The molecule has 3 N–H and O–H groups in total. The van der Waals surface area contributed by atoms with Gasteiger partial charge in [0.05, 0.1) is 11.5 Å². The first-order valence-corrected chi connectivity index (χ1v) is 8.92. The molecular formula is C15H26N2O3S. The van der Waals surface area contributed by atoms with Gasteiger partial charge in [0, 0.05) is 12.6 Å². The summed E-state index contributed by atoms with van der Waals surface area (Å²) in [6, 6.07) is 6.47. The number of ether oxygens (including phenoxy) is 1. The predicted octanol–water partition coefficient (Wildman–Crippen LogP) is 2.27. The average Bonchev–Trinajstić information content (AvgIpc) is 2.43. The minimum absolute atomic E-state index is 0.0217. The first kappa shape index (κ1) is 17.9. The first-order valence-electron chi connectivity index (χ1n) is 7.44. The van der Waals surface area contributed by atoms with Crippen molar-refractivity contribution in [3.05, 3.63) is 24.3 Å². The van der Waals surface area contributed by atoms with Crippen LogP contribution in [0.5, 0.6) is 5.75 Å². The molecule has 0 saturated carbocycles. The summed E-state index contributed by atoms with van der Waals surface area (Å²) in [6.45, 7) is 4.99. The Morgan fingerprint density at radius 2 is 1.90 bits per heavy atom. The van der Waals surface area contributed by atoms with Crippen LogP contribution >= 0.6 is 0 Å². The summed E-state index contributed by atoms with van der Waals surface area (Å²) in [5.41, 5.74) is 5.60. The Bertz CT molecular complexity index is 498. The summed E-state index contributed by atoms with van der Waals surface area (Å²) >= 11 is 0. The molecule has 0 radical (unpaired) electrons. The summed E-state index contributed by atoms with van der Waals surface area (Å²) in [7, 11) is -3.46. The lowest BCUT2D eigenvalue weighted by molar-refractivity contribution is 0.306. The molecule has 1 aromatic carbocycles. The first-order chi connectivity index (χ1) is 9.95. The third kappa shape index (κ3) is 6.93. The summed E-state index contributed by atoms with van der Waals surface area (Å²) < 4.78 is 32.2. The van der Waals surface area contributed by atoms with Crippen LogP contribution in [0.2, 0.25) is 0 Å². The highest BCUT2D eigenvalue weighted by atomic mass is 32.2. The zero-order chi connectivity index (χ0) is 15.7. The fourth-order valence-electron chi connectivity index (χ4n) is 1.76. The molecule has 6 heteroatoms. The van der Waals surface area contributed by atoms with E-state index in [-0.39, 0.29) is 10.9 Å². The second-order valence-corrected chi connectivity index (χ2v) is 6.96. The van der Waals surface area contributed by atoms with Gasteiger partial charge in [0.15, 0.2) is 0 Å². The normalized spacial score (nSPS) is 13.1. The van der Waals surface area contributed by atoms with E-state index in [0.29, 0.717) is 25.3 Å². The molecule has 0 aliphatic rings. The van der Waals surface area contributed by atoms with E-state index < -0.39 is 10.0 Å². The van der Waals surface area contributed by atoms with Crippen molar-refractivity contribution in [2.24, 2.45) is 5.73 Å². The molecule has 1 atom stereocenters. The maximum absolute atomic E-state index is 12.0. The highest BCUT2D eigenvalue weighted by Crippen LogP contribution is 2.16. The van der Waals surface area contributed by atoms with Crippen LogP contribution in [0.3, 0.4) is 0 Å². The SMILES string of the molecule is CCCCCOc1ccc(S(=O)(=O)NCCC(C)N)cc1. The minimum Gasteiger partial charge on any atom is -0.494 e. The van der Waals surface area contributed by atoms with Gasteiger partial charge in [0.2, 0.25) is 10.0 Å². The van der Waals surface area contributed by atoms with Crippen LogP contribution in [0.15, 0.2) is 29.2 Å². The molecular weight excluding hydrogens is 288 g/mol. The van der Waals surface area contributed by atoms with E-state index in [9.17, 15) is 8.42 Å². The van der Waals surface area contributed by atoms with Gasteiger partial charge in [-0.1, -0.05) is 19.8 Å². The molecule has 5 nitrogen and oxygen atoms in total. The van der Waals surface area contributed by atoms with Gasteiger partial charge in [-0.05, 0) is 44.0 Å². The highest BCUT2D eigenvalue weighted by molar-refractivity contribution is 7.89. The highest BCUT2D eigenvalue weighted by Gasteiger charge is 2.13. The Kier molecular flexibility index (Phi) is 7.71. The standard InChI is InChI=1S/C15H26N2O3S/c1-3-4-5-12-20-14-6-8-15(9-7-14)21(18,19)17-11-10-13(2)16/h6-9,13,17H,3-5,10-12,16H2,1-2H3. The Balaban J connectivity index is 2.52. The van der Waals surface area contributed by atoms with Crippen LogP contribution in [0.1, 0.15) is 39.5 Å². The molecule has 0 fully saturated rings. The average molecular weight is 314 g/mol. The number of hydrogen-bond donors (Lipinski definition) is 2. The smallest absolute Gasteiger partial charge is 0.240 e. The minimum atomic E-state index is -3.46. The van der Waals surface area contributed by atoms with Gasteiger partial charge in [0.25, 0.3) is 0 Å². The van der Waals surface area contributed by atoms with Crippen LogP contribution in [-0.4, -0.2) is 27.6 Å². The Morgan fingerprint density at radius 3 is 2.48 bits per heavy atom. The zero-order valence-electron chi connectivity index (χ0n) is 12.8. The Morgan fingerprint density at radius 1 is 1.24 bits per heavy atom. The second kappa shape index (κ2) is 9.02. The summed E-state index contributed by atoms with van der Waals surface area (Å²) in [5.74, 6) is 0.695. The van der Waals surface area contributed by atoms with Crippen molar-refractivity contribution in [1.29, 1.82) is 0 Å². The third-order valence-electron chi connectivity index (χ3n) is 3.04. The molecule has 1 aromatic rings. The number of hydrogen-bond acceptors (Lipinski definition) is 4. The van der Waals surface area contributed by atoms with Crippen molar-refractivity contribution in [2.75, 3.05) is 13.2 Å². The summed E-state index contributed by atoms with van der Waals surface area (Å²) in [4.78, 5) is 0.244. The lowest BCUT2D eigenvalue weighted by Gasteiger charge is -2.09. The number of unbranched alkanes of at least 4 members (excludes halogenated alkanes) is 2. The van der Waals surface area contributed by atoms with Crippen LogP contribution in [0.25, 0.3) is 0 Å². The number of nitrogens with one attached hydrogen (secondary N) is 1. The van der Waals surface area contributed by atoms with E-state index in [1.807, 2.05) is 6.92 Å². The van der Waals surface area contributed by atoms with Crippen LogP contribution < -0.4 is 15.2 Å². The second-order valence-electron chi connectivity index (χ2n) is 5.19. The van der Waals surface area contributed by atoms with Crippen molar-refractivity contribution < 1.29 is 13.2 Å². The largest absolute Gasteiger partial charge is 0.494 e. The maximum atomic E-state index is 12.0. The molecule has 120 valence electrons. The number of benzene rings is 1. The van der Waals surface area contributed by atoms with Crippen molar-refractivity contribution in [3.8, 4) is 5.75 Å². The quantitative estimate of drug-likeness (QED) is 0.649. The fraction of sp³-hybridized carbons (Fsp3) is 0.600. The van der Waals surface area contributed by atoms with Gasteiger partial charge in [-0.25, -0.2) is 13.1 Å². The van der Waals surface area contributed by atoms with Crippen LogP contribution in [-0.2, 0) is 10.0 Å². The van der Waals surface area contributed by atoms with E-state index in [1.54, 1.807) is 24.3 Å². The summed E-state index contributed by atoms with van der Waals surface area (Å²) in [5, 5.41) is 0. The van der Waals surface area contributed by atoms with Gasteiger partial charge in [-0.3, -0.25) is 0 Å². The van der Waals surface area contributed by atoms with E-state index in [4.69, 9.17) is 10.5 Å². The molecule has 0 aliphatic heterocycles. The Hall–Kier alpha value is -1.11. The molecule has 0 aliphatic carbocycles. The summed E-state index contributed by atoms with van der Waals surface area (Å²) in [6.07, 6.45) is 3.90. The van der Waals surface area contributed by atoms with Gasteiger partial charge in [0.1, 0.15) is 5.75 Å². The molecule has 0 amide bonds. The zero-order valence-corrected chi connectivity index (χ0v) is 13.7. The molecule has 0 heterocycles. The third-order valence-corrected chi connectivity index (χ3v) is 4.52. The molecule has 0 bridgehead atoms. The van der Waals surface area contributed by atoms with Crippen molar-refractivity contribution in [1.82, 2.24) is 4.72 Å². The van der Waals surface area contributed by atoms with Gasteiger partial charge in [-0.15, -0.1) is 0 Å². The van der Waals surface area contributed by atoms with Crippen LogP contribution in [0, 0.1) is 0 Å². The predicted molar refractivity (Wildman–Crippen MR) is 84.9 cm³/mol. The van der Waals surface area contributed by atoms with Gasteiger partial charge >= 0.3 is 0 Å². The fourth-order valence-corrected chi connectivity index (χ4v) is 2.81. The van der Waals surface area contributed by atoms with Crippen molar-refractivity contribution >= 4 is 10.0 Å². The molecule has 0 aromatic heterocycles. The van der Waals surface area contributed by atoms with E-state index in [1.165, 1.54) is 0 Å². The van der Waals surface area contributed by atoms with Crippen LogP contribution in [0.4, 0.5) is 0 Å². The number of rotatable bonds is 10. The molecule has 1 rings (SSSR count).